The van der Waals surface area contributed by atoms with Crippen molar-refractivity contribution in [1.29, 1.82) is 0 Å². The molecule has 1 N–H and O–H groups in total. The van der Waals surface area contributed by atoms with E-state index < -0.39 is 5.41 Å². The van der Waals surface area contributed by atoms with E-state index in [1.54, 1.807) is 12.4 Å². The number of rotatable bonds is 2. The number of hydrogen-bond donors (Lipinski definition) is 1. The van der Waals surface area contributed by atoms with Gasteiger partial charge in [0.05, 0.1) is 5.41 Å². The summed E-state index contributed by atoms with van der Waals surface area (Å²) in [6.07, 6.45) is 5.03. The molecule has 1 fully saturated rings. The Labute approximate surface area is 94.1 Å². The maximum atomic E-state index is 12.0. The fourth-order valence-electron chi connectivity index (χ4n) is 2.24. The first-order valence-electron chi connectivity index (χ1n) is 5.44. The molecule has 1 aromatic heterocycles. The van der Waals surface area contributed by atoms with Crippen molar-refractivity contribution in [3.8, 4) is 0 Å². The molecule has 0 aromatic carbocycles. The van der Waals surface area contributed by atoms with Crippen LogP contribution < -0.4 is 5.32 Å². The highest BCUT2D eigenvalue weighted by Gasteiger charge is 2.42. The summed E-state index contributed by atoms with van der Waals surface area (Å²) < 4.78 is 0. The molecule has 2 rings (SSSR count). The van der Waals surface area contributed by atoms with Crippen molar-refractivity contribution in [1.82, 2.24) is 10.3 Å². The Morgan fingerprint density at radius 3 is 2.62 bits per heavy atom. The maximum absolute atomic E-state index is 12.0. The summed E-state index contributed by atoms with van der Waals surface area (Å²) in [7, 11) is 0. The number of carbonyl (C=O) groups excluding carboxylic acids is 2. The van der Waals surface area contributed by atoms with Crippen molar-refractivity contribution in [2.75, 3.05) is 0 Å². The minimum absolute atomic E-state index is 0.178. The zero-order chi connectivity index (χ0) is 11.6. The van der Waals surface area contributed by atoms with Crippen LogP contribution in [0.2, 0.25) is 0 Å². The molecule has 0 bridgehead atoms. The average molecular weight is 218 g/mol. The highest BCUT2D eigenvalue weighted by Crippen LogP contribution is 2.35. The molecule has 16 heavy (non-hydrogen) atoms. The van der Waals surface area contributed by atoms with Gasteiger partial charge in [-0.2, -0.15) is 0 Å². The standard InChI is InChI=1S/C12H14N2O2/c1-2-12(9-4-7-13-8-5-9)6-3-10(15)14-11(12)16/h4-5,7-8H,2-3,6H2,1H3,(H,14,15,16)/t12-/m0/s1. The summed E-state index contributed by atoms with van der Waals surface area (Å²) in [6, 6.07) is 3.69. The number of hydrogen-bond acceptors (Lipinski definition) is 3. The van der Waals surface area contributed by atoms with E-state index in [0.717, 1.165) is 5.56 Å². The van der Waals surface area contributed by atoms with Crippen LogP contribution in [0, 0.1) is 0 Å². The second kappa shape index (κ2) is 4.04. The van der Waals surface area contributed by atoms with Gasteiger partial charge in [0.2, 0.25) is 11.8 Å². The predicted molar refractivity (Wildman–Crippen MR) is 58.6 cm³/mol. The topological polar surface area (TPSA) is 59.1 Å². The van der Waals surface area contributed by atoms with Gasteiger partial charge in [-0.3, -0.25) is 19.9 Å². The van der Waals surface area contributed by atoms with Crippen LogP contribution in [0.4, 0.5) is 0 Å². The van der Waals surface area contributed by atoms with Crippen LogP contribution in [0.25, 0.3) is 0 Å². The average Bonchev–Trinajstić information content (AvgIpc) is 2.31. The van der Waals surface area contributed by atoms with Gasteiger partial charge in [0.15, 0.2) is 0 Å². The fraction of sp³-hybridized carbons (Fsp3) is 0.417. The van der Waals surface area contributed by atoms with E-state index in [1.807, 2.05) is 19.1 Å². The molecule has 4 nitrogen and oxygen atoms in total. The number of nitrogens with zero attached hydrogens (tertiary/aromatic N) is 1. The molecular formula is C12H14N2O2. The van der Waals surface area contributed by atoms with Crippen LogP contribution in [-0.4, -0.2) is 16.8 Å². The Balaban J connectivity index is 2.40. The van der Waals surface area contributed by atoms with Gasteiger partial charge in [0.1, 0.15) is 0 Å². The number of carbonyl (C=O) groups is 2. The van der Waals surface area contributed by atoms with Crippen LogP contribution in [0.5, 0.6) is 0 Å². The van der Waals surface area contributed by atoms with Gasteiger partial charge in [-0.1, -0.05) is 6.92 Å². The molecular weight excluding hydrogens is 204 g/mol. The normalized spacial score (nSPS) is 25.3. The predicted octanol–water partition coefficient (Wildman–Crippen LogP) is 1.17. The Morgan fingerprint density at radius 2 is 2.06 bits per heavy atom. The van der Waals surface area contributed by atoms with Crippen LogP contribution >= 0.6 is 0 Å². The van der Waals surface area contributed by atoms with Gasteiger partial charge in [0.25, 0.3) is 0 Å². The Hall–Kier alpha value is -1.71. The summed E-state index contributed by atoms with van der Waals surface area (Å²) in [4.78, 5) is 27.1. The summed E-state index contributed by atoms with van der Waals surface area (Å²) >= 11 is 0. The minimum atomic E-state index is -0.559. The van der Waals surface area contributed by atoms with Crippen LogP contribution in [0.15, 0.2) is 24.5 Å². The van der Waals surface area contributed by atoms with Crippen molar-refractivity contribution in [3.05, 3.63) is 30.1 Å². The maximum Gasteiger partial charge on any atom is 0.237 e. The van der Waals surface area contributed by atoms with Crippen LogP contribution in [0.3, 0.4) is 0 Å². The summed E-state index contributed by atoms with van der Waals surface area (Å²) in [6.45, 7) is 1.97. The third-order valence-corrected chi connectivity index (χ3v) is 3.30. The van der Waals surface area contributed by atoms with Gasteiger partial charge in [-0.05, 0) is 30.5 Å². The third kappa shape index (κ3) is 1.60. The van der Waals surface area contributed by atoms with Gasteiger partial charge in [-0.25, -0.2) is 0 Å². The lowest BCUT2D eigenvalue weighted by Gasteiger charge is -2.34. The molecule has 84 valence electrons. The van der Waals surface area contributed by atoms with Crippen LogP contribution in [0.1, 0.15) is 31.7 Å². The summed E-state index contributed by atoms with van der Waals surface area (Å²) in [5, 5.41) is 2.42. The van der Waals surface area contributed by atoms with E-state index in [0.29, 0.717) is 19.3 Å². The quantitative estimate of drug-likeness (QED) is 0.758. The molecule has 0 aliphatic carbocycles. The molecule has 4 heteroatoms. The van der Waals surface area contributed by atoms with E-state index in [-0.39, 0.29) is 11.8 Å². The molecule has 0 radical (unpaired) electrons. The lowest BCUT2D eigenvalue weighted by Crippen LogP contribution is -2.51. The van der Waals surface area contributed by atoms with Gasteiger partial charge in [0, 0.05) is 18.8 Å². The first-order chi connectivity index (χ1) is 7.69. The molecule has 1 atom stereocenters. The first kappa shape index (κ1) is 10.8. The largest absolute Gasteiger partial charge is 0.296 e. The molecule has 1 aromatic rings. The lowest BCUT2D eigenvalue weighted by molar-refractivity contribution is -0.138. The van der Waals surface area contributed by atoms with E-state index in [4.69, 9.17) is 0 Å². The second-order valence-corrected chi connectivity index (χ2v) is 4.05. The monoisotopic (exact) mass is 218 g/mol. The SMILES string of the molecule is CC[C@@]1(c2ccncc2)CCC(=O)NC1=O. The zero-order valence-electron chi connectivity index (χ0n) is 9.19. The third-order valence-electron chi connectivity index (χ3n) is 3.30. The molecule has 0 unspecified atom stereocenters. The molecule has 2 heterocycles. The molecule has 0 spiro atoms. The van der Waals surface area contributed by atoms with Crippen molar-refractivity contribution in [3.63, 3.8) is 0 Å². The molecule has 1 aliphatic rings. The van der Waals surface area contributed by atoms with Gasteiger partial charge < -0.3 is 0 Å². The number of piperidine rings is 1. The molecule has 2 amide bonds. The highest BCUT2D eigenvalue weighted by molar-refractivity contribution is 6.03. The van der Waals surface area contributed by atoms with Crippen molar-refractivity contribution >= 4 is 11.8 Å². The minimum Gasteiger partial charge on any atom is -0.296 e. The smallest absolute Gasteiger partial charge is 0.237 e. The zero-order valence-corrected chi connectivity index (χ0v) is 9.19. The van der Waals surface area contributed by atoms with E-state index in [9.17, 15) is 9.59 Å². The molecule has 1 aliphatic heterocycles. The molecule has 0 saturated carbocycles. The number of amides is 2. The Bertz CT molecular complexity index is 416. The van der Waals surface area contributed by atoms with Gasteiger partial charge >= 0.3 is 0 Å². The summed E-state index contributed by atoms with van der Waals surface area (Å²) in [5.41, 5.74) is 0.381. The van der Waals surface area contributed by atoms with E-state index in [1.165, 1.54) is 0 Å². The van der Waals surface area contributed by atoms with E-state index in [2.05, 4.69) is 10.3 Å². The van der Waals surface area contributed by atoms with Gasteiger partial charge in [-0.15, -0.1) is 0 Å². The summed E-state index contributed by atoms with van der Waals surface area (Å²) in [5.74, 6) is -0.361. The van der Waals surface area contributed by atoms with E-state index >= 15 is 0 Å². The Kier molecular flexibility index (Phi) is 2.73. The van der Waals surface area contributed by atoms with Crippen molar-refractivity contribution in [2.45, 2.75) is 31.6 Å². The van der Waals surface area contributed by atoms with Crippen LogP contribution in [-0.2, 0) is 15.0 Å². The van der Waals surface area contributed by atoms with Crippen molar-refractivity contribution < 1.29 is 9.59 Å². The number of nitrogens with one attached hydrogen (secondary N) is 1. The fourth-order valence-corrected chi connectivity index (χ4v) is 2.24. The Morgan fingerprint density at radius 1 is 1.38 bits per heavy atom. The number of pyridine rings is 1. The lowest BCUT2D eigenvalue weighted by atomic mass is 9.72. The molecule has 1 saturated heterocycles. The van der Waals surface area contributed by atoms with Crippen molar-refractivity contribution in [2.24, 2.45) is 0 Å². The number of imide groups is 1. The second-order valence-electron chi connectivity index (χ2n) is 4.05. The number of aromatic nitrogens is 1. The highest BCUT2D eigenvalue weighted by atomic mass is 16.2. The first-order valence-corrected chi connectivity index (χ1v) is 5.44.